The molecule has 0 radical (unpaired) electrons. The standard InChI is InChI=1S/C23H26N2O5/c1-16(2)25(13-17-6-4-3-5-7-17)22(27)14-30-23(28)15-29-19-9-10-20-18(12-19)8-11-21(26)24-20/h3-7,9-10,12,16H,8,11,13-15H2,1-2H3,(H,24,26). The lowest BCUT2D eigenvalue weighted by Crippen LogP contribution is -2.39. The maximum Gasteiger partial charge on any atom is 0.344 e. The molecule has 30 heavy (non-hydrogen) atoms. The molecule has 2 amide bonds. The first kappa shape index (κ1) is 21.4. The second-order valence-corrected chi connectivity index (χ2v) is 7.42. The number of aryl methyl sites for hydroxylation is 1. The van der Waals surface area contributed by atoms with E-state index in [0.717, 1.165) is 16.8 Å². The van der Waals surface area contributed by atoms with Crippen LogP contribution in [0.5, 0.6) is 5.75 Å². The summed E-state index contributed by atoms with van der Waals surface area (Å²) in [6.07, 6.45) is 1.06. The van der Waals surface area contributed by atoms with Crippen molar-refractivity contribution in [2.24, 2.45) is 0 Å². The maximum atomic E-state index is 12.5. The Morgan fingerprint density at radius 3 is 2.57 bits per heavy atom. The van der Waals surface area contributed by atoms with Crippen LogP contribution >= 0.6 is 0 Å². The summed E-state index contributed by atoms with van der Waals surface area (Å²) in [5, 5.41) is 2.79. The summed E-state index contributed by atoms with van der Waals surface area (Å²) in [4.78, 5) is 37.6. The molecular formula is C23H26N2O5. The van der Waals surface area contributed by atoms with Gasteiger partial charge in [0.05, 0.1) is 0 Å². The molecule has 1 N–H and O–H groups in total. The molecule has 0 aromatic heterocycles. The van der Waals surface area contributed by atoms with Gasteiger partial charge in [-0.3, -0.25) is 9.59 Å². The van der Waals surface area contributed by atoms with Crippen molar-refractivity contribution in [2.75, 3.05) is 18.5 Å². The van der Waals surface area contributed by atoms with Gasteiger partial charge in [-0.25, -0.2) is 4.79 Å². The zero-order valence-corrected chi connectivity index (χ0v) is 17.2. The minimum absolute atomic E-state index is 0.00730. The van der Waals surface area contributed by atoms with E-state index in [-0.39, 0.29) is 31.1 Å². The number of carbonyl (C=O) groups excluding carboxylic acids is 3. The van der Waals surface area contributed by atoms with E-state index in [4.69, 9.17) is 9.47 Å². The highest BCUT2D eigenvalue weighted by atomic mass is 16.6. The number of hydrogen-bond acceptors (Lipinski definition) is 5. The molecular weight excluding hydrogens is 384 g/mol. The largest absolute Gasteiger partial charge is 0.482 e. The lowest BCUT2D eigenvalue weighted by molar-refractivity contribution is -0.154. The number of hydrogen-bond donors (Lipinski definition) is 1. The first-order valence-electron chi connectivity index (χ1n) is 9.97. The molecule has 0 spiro atoms. The van der Waals surface area contributed by atoms with Gasteiger partial charge >= 0.3 is 5.97 Å². The summed E-state index contributed by atoms with van der Waals surface area (Å²) in [6, 6.07) is 14.9. The second-order valence-electron chi connectivity index (χ2n) is 7.42. The van der Waals surface area contributed by atoms with Crippen LogP contribution in [0.25, 0.3) is 0 Å². The van der Waals surface area contributed by atoms with Crippen molar-refractivity contribution in [1.82, 2.24) is 4.90 Å². The number of fused-ring (bicyclic) bond motifs is 1. The number of rotatable bonds is 8. The smallest absolute Gasteiger partial charge is 0.344 e. The normalized spacial score (nSPS) is 12.7. The van der Waals surface area contributed by atoms with Gasteiger partial charge in [-0.15, -0.1) is 0 Å². The Kier molecular flexibility index (Phi) is 7.06. The minimum Gasteiger partial charge on any atom is -0.482 e. The molecule has 158 valence electrons. The van der Waals surface area contributed by atoms with E-state index in [1.165, 1.54) is 0 Å². The van der Waals surface area contributed by atoms with E-state index in [9.17, 15) is 14.4 Å². The third kappa shape index (κ3) is 5.83. The van der Waals surface area contributed by atoms with Crippen LogP contribution in [0.15, 0.2) is 48.5 Å². The Morgan fingerprint density at radius 2 is 1.83 bits per heavy atom. The Bertz CT molecular complexity index is 911. The fourth-order valence-corrected chi connectivity index (χ4v) is 3.20. The molecule has 0 aliphatic carbocycles. The monoisotopic (exact) mass is 410 g/mol. The van der Waals surface area contributed by atoms with Crippen molar-refractivity contribution in [3.05, 3.63) is 59.7 Å². The maximum absolute atomic E-state index is 12.5. The summed E-state index contributed by atoms with van der Waals surface area (Å²) < 4.78 is 10.6. The van der Waals surface area contributed by atoms with E-state index < -0.39 is 5.97 Å². The number of amides is 2. The molecule has 3 rings (SSSR count). The molecule has 1 aliphatic heterocycles. The van der Waals surface area contributed by atoms with Gasteiger partial charge in [0.15, 0.2) is 13.2 Å². The van der Waals surface area contributed by atoms with Crippen LogP contribution in [-0.4, -0.2) is 41.9 Å². The zero-order chi connectivity index (χ0) is 21.5. The Labute approximate surface area is 176 Å². The van der Waals surface area contributed by atoms with Gasteiger partial charge in [-0.05, 0) is 49.6 Å². The first-order chi connectivity index (χ1) is 14.4. The van der Waals surface area contributed by atoms with Gasteiger partial charge in [-0.2, -0.15) is 0 Å². The summed E-state index contributed by atoms with van der Waals surface area (Å²) in [7, 11) is 0. The molecule has 0 saturated carbocycles. The van der Waals surface area contributed by atoms with Crippen LogP contribution in [0.4, 0.5) is 5.69 Å². The van der Waals surface area contributed by atoms with Gasteiger partial charge in [0.2, 0.25) is 5.91 Å². The van der Waals surface area contributed by atoms with Crippen LogP contribution in [0.3, 0.4) is 0 Å². The molecule has 0 atom stereocenters. The van der Waals surface area contributed by atoms with Gasteiger partial charge in [0.25, 0.3) is 5.91 Å². The second kappa shape index (κ2) is 9.91. The average molecular weight is 410 g/mol. The van der Waals surface area contributed by atoms with Crippen LogP contribution in [0, 0.1) is 0 Å². The van der Waals surface area contributed by atoms with Crippen molar-refractivity contribution >= 4 is 23.5 Å². The van der Waals surface area contributed by atoms with Crippen molar-refractivity contribution in [3.63, 3.8) is 0 Å². The highest BCUT2D eigenvalue weighted by Crippen LogP contribution is 2.26. The minimum atomic E-state index is -0.613. The molecule has 7 heteroatoms. The van der Waals surface area contributed by atoms with Gasteiger partial charge < -0.3 is 19.7 Å². The lowest BCUT2D eigenvalue weighted by Gasteiger charge is -2.26. The highest BCUT2D eigenvalue weighted by molar-refractivity contribution is 5.94. The topological polar surface area (TPSA) is 84.9 Å². The molecule has 0 bridgehead atoms. The Balaban J connectivity index is 1.47. The van der Waals surface area contributed by atoms with Crippen molar-refractivity contribution in [1.29, 1.82) is 0 Å². The van der Waals surface area contributed by atoms with Gasteiger partial charge in [-0.1, -0.05) is 30.3 Å². The van der Waals surface area contributed by atoms with Crippen molar-refractivity contribution in [3.8, 4) is 5.75 Å². The number of nitrogens with zero attached hydrogens (tertiary/aromatic N) is 1. The molecule has 1 aliphatic rings. The summed E-state index contributed by atoms with van der Waals surface area (Å²) in [5.74, 6) is -0.363. The number of nitrogens with one attached hydrogen (secondary N) is 1. The summed E-state index contributed by atoms with van der Waals surface area (Å²) in [6.45, 7) is 3.67. The fourth-order valence-electron chi connectivity index (χ4n) is 3.20. The van der Waals surface area contributed by atoms with E-state index in [1.54, 1.807) is 23.1 Å². The first-order valence-corrected chi connectivity index (χ1v) is 9.97. The lowest BCUT2D eigenvalue weighted by atomic mass is 10.0. The van der Waals surface area contributed by atoms with Crippen LogP contribution in [-0.2, 0) is 32.1 Å². The SMILES string of the molecule is CC(C)N(Cc1ccccc1)C(=O)COC(=O)COc1ccc2c(c1)CCC(=O)N2. The van der Waals surface area contributed by atoms with E-state index >= 15 is 0 Å². The van der Waals surface area contributed by atoms with Crippen molar-refractivity contribution < 1.29 is 23.9 Å². The molecule has 2 aromatic rings. The Morgan fingerprint density at radius 1 is 1.07 bits per heavy atom. The highest BCUT2D eigenvalue weighted by Gasteiger charge is 2.20. The van der Waals surface area contributed by atoms with Crippen LogP contribution in [0.2, 0.25) is 0 Å². The molecule has 0 unspecified atom stereocenters. The number of anilines is 1. The fraction of sp³-hybridized carbons (Fsp3) is 0.348. The van der Waals surface area contributed by atoms with Crippen LogP contribution in [0.1, 0.15) is 31.4 Å². The van der Waals surface area contributed by atoms with E-state index in [0.29, 0.717) is 25.1 Å². The molecule has 7 nitrogen and oxygen atoms in total. The number of carbonyl (C=O) groups is 3. The van der Waals surface area contributed by atoms with Crippen LogP contribution < -0.4 is 10.1 Å². The quantitative estimate of drug-likeness (QED) is 0.677. The third-order valence-electron chi connectivity index (χ3n) is 4.82. The van der Waals surface area contributed by atoms with Crippen molar-refractivity contribution in [2.45, 2.75) is 39.3 Å². The summed E-state index contributed by atoms with van der Waals surface area (Å²) in [5.41, 5.74) is 2.74. The molecule has 1 heterocycles. The average Bonchev–Trinajstić information content (AvgIpc) is 2.74. The van der Waals surface area contributed by atoms with E-state index in [2.05, 4.69) is 5.32 Å². The zero-order valence-electron chi connectivity index (χ0n) is 17.2. The van der Waals surface area contributed by atoms with Gasteiger partial charge in [0, 0.05) is 24.7 Å². The predicted molar refractivity (Wildman–Crippen MR) is 112 cm³/mol. The predicted octanol–water partition coefficient (Wildman–Crippen LogP) is 2.93. The number of ether oxygens (including phenoxy) is 2. The summed E-state index contributed by atoms with van der Waals surface area (Å²) >= 11 is 0. The Hall–Kier alpha value is -3.35. The molecule has 0 fully saturated rings. The third-order valence-corrected chi connectivity index (χ3v) is 4.82. The number of benzene rings is 2. The van der Waals surface area contributed by atoms with Gasteiger partial charge in [0.1, 0.15) is 5.75 Å². The van der Waals surface area contributed by atoms with E-state index in [1.807, 2.05) is 44.2 Å². The molecule has 0 saturated heterocycles. The number of esters is 1. The molecule has 2 aromatic carbocycles.